The summed E-state index contributed by atoms with van der Waals surface area (Å²) in [4.78, 5) is 12.7. The minimum atomic E-state index is -0.403. The first-order chi connectivity index (χ1) is 11.6. The van der Waals surface area contributed by atoms with Crippen molar-refractivity contribution in [1.29, 1.82) is 0 Å². The summed E-state index contributed by atoms with van der Waals surface area (Å²) in [5, 5.41) is 5.77. The summed E-state index contributed by atoms with van der Waals surface area (Å²) in [5.41, 5.74) is 1.87. The zero-order chi connectivity index (χ0) is 17.1. The molecule has 1 atom stereocenters. The van der Waals surface area contributed by atoms with Crippen molar-refractivity contribution in [2.75, 3.05) is 12.4 Å². The Morgan fingerprint density at radius 2 is 2.08 bits per heavy atom. The molecule has 1 amide bonds. The average Bonchev–Trinajstić information content (AvgIpc) is 2.89. The lowest BCUT2D eigenvalue weighted by Crippen LogP contribution is -2.31. The average molecular weight is 344 g/mol. The molecule has 1 aliphatic rings. The van der Waals surface area contributed by atoms with Gasteiger partial charge in [0.25, 0.3) is 5.91 Å². The first-order valence-electron chi connectivity index (χ1n) is 7.42. The molecular weight excluding hydrogens is 327 g/mol. The number of carbonyl (C=O) groups is 1. The maximum atomic E-state index is 13.7. The molecule has 2 aromatic carbocycles. The van der Waals surface area contributed by atoms with Crippen LogP contribution < -0.4 is 15.4 Å². The van der Waals surface area contributed by atoms with Crippen LogP contribution in [0.15, 0.2) is 47.4 Å². The second-order valence-electron chi connectivity index (χ2n) is 5.33. The van der Waals surface area contributed by atoms with Crippen molar-refractivity contribution in [2.24, 2.45) is 0 Å². The minimum absolute atomic E-state index is 0.178. The van der Waals surface area contributed by atoms with E-state index in [1.807, 2.05) is 31.2 Å². The number of methoxy groups -OCH3 is 1. The lowest BCUT2D eigenvalue weighted by atomic mass is 10.1. The highest BCUT2D eigenvalue weighted by molar-refractivity contribution is 8.05. The van der Waals surface area contributed by atoms with Crippen molar-refractivity contribution >= 4 is 29.4 Å². The van der Waals surface area contributed by atoms with E-state index < -0.39 is 5.50 Å². The van der Waals surface area contributed by atoms with Crippen molar-refractivity contribution < 1.29 is 13.9 Å². The third kappa shape index (κ3) is 3.54. The SMILES string of the molecule is COc1ccc(/C=C2\SC(Nc3ccccc3F)NC2=O)cc1C. The van der Waals surface area contributed by atoms with Gasteiger partial charge in [-0.25, -0.2) is 4.39 Å². The first kappa shape index (κ1) is 16.4. The van der Waals surface area contributed by atoms with Crippen molar-refractivity contribution in [3.05, 3.63) is 64.3 Å². The molecule has 1 saturated heterocycles. The van der Waals surface area contributed by atoms with E-state index in [0.29, 0.717) is 10.6 Å². The zero-order valence-electron chi connectivity index (χ0n) is 13.3. The highest BCUT2D eigenvalue weighted by Crippen LogP contribution is 2.31. The fourth-order valence-electron chi connectivity index (χ4n) is 2.43. The number of amides is 1. The summed E-state index contributed by atoms with van der Waals surface area (Å²) in [6.45, 7) is 1.95. The van der Waals surface area contributed by atoms with Crippen LogP contribution in [0.3, 0.4) is 0 Å². The topological polar surface area (TPSA) is 50.4 Å². The molecule has 0 radical (unpaired) electrons. The number of rotatable bonds is 4. The number of carbonyl (C=O) groups excluding carboxylic acids is 1. The van der Waals surface area contributed by atoms with Crippen molar-refractivity contribution in [3.8, 4) is 5.75 Å². The predicted molar refractivity (Wildman–Crippen MR) is 95.3 cm³/mol. The molecule has 0 saturated carbocycles. The molecule has 2 aromatic rings. The van der Waals surface area contributed by atoms with Crippen LogP contribution >= 0.6 is 11.8 Å². The molecule has 0 spiro atoms. The smallest absolute Gasteiger partial charge is 0.260 e. The normalized spacial score (nSPS) is 18.5. The summed E-state index contributed by atoms with van der Waals surface area (Å²) in [6, 6.07) is 12.1. The van der Waals surface area contributed by atoms with Crippen LogP contribution in [-0.4, -0.2) is 18.5 Å². The van der Waals surface area contributed by atoms with Crippen molar-refractivity contribution in [3.63, 3.8) is 0 Å². The standard InChI is InChI=1S/C18H17FN2O2S/c1-11-9-12(7-8-15(11)23-2)10-16-17(22)21-18(24-16)20-14-6-4-3-5-13(14)19/h3-10,18,20H,1-2H3,(H,21,22)/b16-10-. The van der Waals surface area contributed by atoms with Crippen molar-refractivity contribution in [1.82, 2.24) is 5.32 Å². The Kier molecular flexibility index (Phi) is 4.76. The first-order valence-corrected chi connectivity index (χ1v) is 8.30. The van der Waals surface area contributed by atoms with Gasteiger partial charge < -0.3 is 15.4 Å². The van der Waals surface area contributed by atoms with E-state index in [1.165, 1.54) is 17.8 Å². The molecule has 2 N–H and O–H groups in total. The Labute approximate surface area is 144 Å². The molecule has 6 heteroatoms. The van der Waals surface area contributed by atoms with Crippen LogP contribution in [0, 0.1) is 12.7 Å². The molecular formula is C18H17FN2O2S. The quantitative estimate of drug-likeness (QED) is 0.830. The summed E-state index contributed by atoms with van der Waals surface area (Å²) in [5.74, 6) is 0.276. The van der Waals surface area contributed by atoms with Crippen LogP contribution in [0.5, 0.6) is 5.75 Å². The maximum absolute atomic E-state index is 13.7. The summed E-state index contributed by atoms with van der Waals surface area (Å²) >= 11 is 1.32. The van der Waals surface area contributed by atoms with Crippen molar-refractivity contribution in [2.45, 2.75) is 12.4 Å². The maximum Gasteiger partial charge on any atom is 0.260 e. The molecule has 1 unspecified atom stereocenters. The molecule has 1 heterocycles. The van der Waals surface area contributed by atoms with E-state index in [-0.39, 0.29) is 11.7 Å². The van der Waals surface area contributed by atoms with Crippen LogP contribution in [0.1, 0.15) is 11.1 Å². The second-order valence-corrected chi connectivity index (χ2v) is 6.48. The molecule has 0 aromatic heterocycles. The van der Waals surface area contributed by atoms with Gasteiger partial charge in [0.1, 0.15) is 11.6 Å². The molecule has 0 bridgehead atoms. The number of nitrogens with one attached hydrogen (secondary N) is 2. The van der Waals surface area contributed by atoms with Crippen LogP contribution in [-0.2, 0) is 4.79 Å². The number of para-hydroxylation sites is 1. The molecule has 124 valence electrons. The van der Waals surface area contributed by atoms with Crippen LogP contribution in [0.2, 0.25) is 0 Å². The summed E-state index contributed by atoms with van der Waals surface area (Å²) in [6.07, 6.45) is 1.81. The highest BCUT2D eigenvalue weighted by atomic mass is 32.2. The summed E-state index contributed by atoms with van der Waals surface area (Å²) in [7, 11) is 1.62. The number of ether oxygens (including phenoxy) is 1. The predicted octanol–water partition coefficient (Wildman–Crippen LogP) is 3.74. The van der Waals surface area contributed by atoms with Gasteiger partial charge in [-0.2, -0.15) is 0 Å². The second kappa shape index (κ2) is 6.97. The summed E-state index contributed by atoms with van der Waals surface area (Å²) < 4.78 is 18.9. The lowest BCUT2D eigenvalue weighted by molar-refractivity contribution is -0.116. The number of aryl methyl sites for hydroxylation is 1. The van der Waals surface area contributed by atoms with E-state index in [9.17, 15) is 9.18 Å². The third-order valence-electron chi connectivity index (χ3n) is 3.61. The van der Waals surface area contributed by atoms with E-state index in [1.54, 1.807) is 25.3 Å². The number of halogens is 1. The largest absolute Gasteiger partial charge is 0.496 e. The fourth-order valence-corrected chi connectivity index (χ4v) is 3.40. The molecule has 24 heavy (non-hydrogen) atoms. The molecule has 1 fully saturated rings. The number of hydrogen-bond donors (Lipinski definition) is 2. The van der Waals surface area contributed by atoms with E-state index in [0.717, 1.165) is 16.9 Å². The Balaban J connectivity index is 1.75. The van der Waals surface area contributed by atoms with E-state index in [4.69, 9.17) is 4.74 Å². The number of benzene rings is 2. The Morgan fingerprint density at radius 3 is 2.79 bits per heavy atom. The highest BCUT2D eigenvalue weighted by Gasteiger charge is 2.27. The Hall–Kier alpha value is -2.47. The minimum Gasteiger partial charge on any atom is -0.496 e. The monoisotopic (exact) mass is 344 g/mol. The fraction of sp³-hybridized carbons (Fsp3) is 0.167. The van der Waals surface area contributed by atoms with Gasteiger partial charge in [-0.1, -0.05) is 30.0 Å². The molecule has 3 rings (SSSR count). The van der Waals surface area contributed by atoms with Gasteiger partial charge in [-0.3, -0.25) is 4.79 Å². The van der Waals surface area contributed by atoms with Crippen LogP contribution in [0.4, 0.5) is 10.1 Å². The van der Waals surface area contributed by atoms with Gasteiger partial charge in [0.15, 0.2) is 5.50 Å². The zero-order valence-corrected chi connectivity index (χ0v) is 14.1. The van der Waals surface area contributed by atoms with E-state index in [2.05, 4.69) is 10.6 Å². The number of anilines is 1. The molecule has 1 aliphatic heterocycles. The van der Waals surface area contributed by atoms with Gasteiger partial charge in [-0.15, -0.1) is 0 Å². The Bertz CT molecular complexity index is 807. The third-order valence-corrected chi connectivity index (χ3v) is 4.64. The van der Waals surface area contributed by atoms with Gasteiger partial charge in [-0.05, 0) is 48.4 Å². The van der Waals surface area contributed by atoms with Gasteiger partial charge in [0, 0.05) is 0 Å². The Morgan fingerprint density at radius 1 is 1.29 bits per heavy atom. The van der Waals surface area contributed by atoms with Gasteiger partial charge in [0.2, 0.25) is 0 Å². The molecule has 4 nitrogen and oxygen atoms in total. The van der Waals surface area contributed by atoms with Gasteiger partial charge >= 0.3 is 0 Å². The molecule has 0 aliphatic carbocycles. The lowest BCUT2D eigenvalue weighted by Gasteiger charge is -2.12. The number of thioether (sulfide) groups is 1. The number of hydrogen-bond acceptors (Lipinski definition) is 4. The van der Waals surface area contributed by atoms with E-state index >= 15 is 0 Å². The van der Waals surface area contributed by atoms with Gasteiger partial charge in [0.05, 0.1) is 17.7 Å². The van der Waals surface area contributed by atoms with Crippen LogP contribution in [0.25, 0.3) is 6.08 Å².